The first-order valence-electron chi connectivity index (χ1n) is 4.95. The van der Waals surface area contributed by atoms with E-state index in [0.29, 0.717) is 6.61 Å². The molecule has 78 valence electrons. The van der Waals surface area contributed by atoms with Crippen LogP contribution in [0.15, 0.2) is 24.4 Å². The zero-order valence-corrected chi connectivity index (χ0v) is 8.81. The fourth-order valence-corrected chi connectivity index (χ4v) is 1.16. The third-order valence-electron chi connectivity index (χ3n) is 1.84. The quantitative estimate of drug-likeness (QED) is 0.770. The van der Waals surface area contributed by atoms with Crippen molar-refractivity contribution >= 4 is 0 Å². The maximum absolute atomic E-state index is 5.89. The molecule has 1 unspecified atom stereocenters. The molecule has 0 radical (unpaired) electrons. The third-order valence-corrected chi connectivity index (χ3v) is 1.84. The summed E-state index contributed by atoms with van der Waals surface area (Å²) in [4.78, 5) is 4.21. The molecule has 1 aromatic heterocycles. The van der Waals surface area contributed by atoms with Crippen molar-refractivity contribution in [3.8, 4) is 0 Å². The van der Waals surface area contributed by atoms with Crippen LogP contribution in [0, 0.1) is 0 Å². The monoisotopic (exact) mass is 194 g/mol. The maximum atomic E-state index is 5.89. The van der Waals surface area contributed by atoms with Gasteiger partial charge in [-0.2, -0.15) is 0 Å². The summed E-state index contributed by atoms with van der Waals surface area (Å²) in [5, 5.41) is 0. The third kappa shape index (κ3) is 4.35. The first-order chi connectivity index (χ1) is 6.68. The lowest BCUT2D eigenvalue weighted by molar-refractivity contribution is 0.0682. The van der Waals surface area contributed by atoms with Crippen LogP contribution in [-0.4, -0.2) is 23.7 Å². The summed E-state index contributed by atoms with van der Waals surface area (Å²) in [5.74, 6) is 0. The number of pyridine rings is 1. The van der Waals surface area contributed by atoms with Crippen LogP contribution in [0.2, 0.25) is 0 Å². The van der Waals surface area contributed by atoms with Gasteiger partial charge in [-0.05, 0) is 26.0 Å². The lowest BCUT2D eigenvalue weighted by Gasteiger charge is -2.13. The molecule has 3 heteroatoms. The Kier molecular flexibility index (Phi) is 4.56. The van der Waals surface area contributed by atoms with Crippen molar-refractivity contribution < 1.29 is 4.74 Å². The summed E-state index contributed by atoms with van der Waals surface area (Å²) in [7, 11) is 0. The fourth-order valence-electron chi connectivity index (χ4n) is 1.16. The molecule has 14 heavy (non-hydrogen) atoms. The predicted octanol–water partition coefficient (Wildman–Crippen LogP) is 1.38. The molecule has 0 saturated carbocycles. The lowest BCUT2D eigenvalue weighted by atomic mass is 10.1. The molecule has 1 rings (SSSR count). The molecule has 0 aliphatic rings. The van der Waals surface area contributed by atoms with Gasteiger partial charge in [0.1, 0.15) is 0 Å². The van der Waals surface area contributed by atoms with Crippen LogP contribution in [-0.2, 0) is 11.2 Å². The van der Waals surface area contributed by atoms with Gasteiger partial charge in [0, 0.05) is 24.4 Å². The highest BCUT2D eigenvalue weighted by Crippen LogP contribution is 1.99. The Morgan fingerprint density at radius 3 is 2.79 bits per heavy atom. The van der Waals surface area contributed by atoms with Crippen LogP contribution >= 0.6 is 0 Å². The van der Waals surface area contributed by atoms with E-state index in [1.807, 2.05) is 32.0 Å². The highest BCUT2D eigenvalue weighted by Gasteiger charge is 2.05. The van der Waals surface area contributed by atoms with Gasteiger partial charge < -0.3 is 10.5 Å². The molecule has 0 aliphatic heterocycles. The largest absolute Gasteiger partial charge is 0.377 e. The van der Waals surface area contributed by atoms with Crippen molar-refractivity contribution in [2.75, 3.05) is 6.61 Å². The molecule has 0 amide bonds. The predicted molar refractivity (Wildman–Crippen MR) is 57.0 cm³/mol. The van der Waals surface area contributed by atoms with E-state index < -0.39 is 0 Å². The molecule has 0 saturated heterocycles. The van der Waals surface area contributed by atoms with E-state index in [1.165, 1.54) is 0 Å². The van der Waals surface area contributed by atoms with Crippen molar-refractivity contribution in [3.05, 3.63) is 30.1 Å². The Bertz CT molecular complexity index is 249. The first-order valence-corrected chi connectivity index (χ1v) is 4.95. The normalized spacial score (nSPS) is 13.1. The smallest absolute Gasteiger partial charge is 0.0624 e. The number of hydrogen-bond acceptors (Lipinski definition) is 3. The Labute approximate surface area is 85.3 Å². The minimum Gasteiger partial charge on any atom is -0.377 e. The van der Waals surface area contributed by atoms with E-state index in [0.717, 1.165) is 12.1 Å². The molecule has 0 aromatic carbocycles. The summed E-state index contributed by atoms with van der Waals surface area (Å²) in [6.45, 7) is 4.61. The molecular formula is C11H18N2O. The van der Waals surface area contributed by atoms with Gasteiger partial charge in [0.05, 0.1) is 12.7 Å². The minimum absolute atomic E-state index is 0.0345. The van der Waals surface area contributed by atoms with Crippen LogP contribution in [0.4, 0.5) is 0 Å². The van der Waals surface area contributed by atoms with Crippen molar-refractivity contribution in [1.29, 1.82) is 0 Å². The first kappa shape index (κ1) is 11.1. The van der Waals surface area contributed by atoms with Gasteiger partial charge in [-0.3, -0.25) is 4.98 Å². The second kappa shape index (κ2) is 5.73. The summed E-state index contributed by atoms with van der Waals surface area (Å²) in [5.41, 5.74) is 6.91. The summed E-state index contributed by atoms with van der Waals surface area (Å²) < 4.78 is 5.42. The molecule has 0 spiro atoms. The zero-order valence-electron chi connectivity index (χ0n) is 8.81. The fraction of sp³-hybridized carbons (Fsp3) is 0.545. The van der Waals surface area contributed by atoms with Gasteiger partial charge in [0.15, 0.2) is 0 Å². The molecular weight excluding hydrogens is 176 g/mol. The van der Waals surface area contributed by atoms with E-state index in [-0.39, 0.29) is 12.1 Å². The average Bonchev–Trinajstić information content (AvgIpc) is 2.16. The van der Waals surface area contributed by atoms with Gasteiger partial charge in [-0.25, -0.2) is 0 Å². The topological polar surface area (TPSA) is 48.1 Å². The molecule has 1 atom stereocenters. The van der Waals surface area contributed by atoms with E-state index in [4.69, 9.17) is 10.5 Å². The lowest BCUT2D eigenvalue weighted by Crippen LogP contribution is -2.30. The molecule has 2 N–H and O–H groups in total. The highest BCUT2D eigenvalue weighted by molar-refractivity contribution is 5.04. The molecule has 0 fully saturated rings. The maximum Gasteiger partial charge on any atom is 0.0624 e. The van der Waals surface area contributed by atoms with Gasteiger partial charge in [-0.15, -0.1) is 0 Å². The Morgan fingerprint density at radius 2 is 2.21 bits per heavy atom. The van der Waals surface area contributed by atoms with Gasteiger partial charge in [0.2, 0.25) is 0 Å². The van der Waals surface area contributed by atoms with Gasteiger partial charge >= 0.3 is 0 Å². The van der Waals surface area contributed by atoms with Gasteiger partial charge in [-0.1, -0.05) is 6.07 Å². The number of aromatic nitrogens is 1. The summed E-state index contributed by atoms with van der Waals surface area (Å²) >= 11 is 0. The van der Waals surface area contributed by atoms with E-state index in [1.54, 1.807) is 6.20 Å². The second-order valence-electron chi connectivity index (χ2n) is 3.67. The number of nitrogens with zero attached hydrogens (tertiary/aromatic N) is 1. The SMILES string of the molecule is CC(C)OCC(N)Cc1ccccn1. The zero-order chi connectivity index (χ0) is 10.4. The van der Waals surface area contributed by atoms with Crippen molar-refractivity contribution in [2.45, 2.75) is 32.4 Å². The molecule has 1 aromatic rings. The molecule has 1 heterocycles. The van der Waals surface area contributed by atoms with Crippen LogP contribution in [0.3, 0.4) is 0 Å². The number of ether oxygens (including phenoxy) is 1. The highest BCUT2D eigenvalue weighted by atomic mass is 16.5. The van der Waals surface area contributed by atoms with Crippen molar-refractivity contribution in [3.63, 3.8) is 0 Å². The molecule has 3 nitrogen and oxygen atoms in total. The summed E-state index contributed by atoms with van der Waals surface area (Å²) in [6, 6.07) is 5.89. The van der Waals surface area contributed by atoms with Gasteiger partial charge in [0.25, 0.3) is 0 Å². The van der Waals surface area contributed by atoms with Crippen LogP contribution in [0.1, 0.15) is 19.5 Å². The van der Waals surface area contributed by atoms with Crippen molar-refractivity contribution in [2.24, 2.45) is 5.73 Å². The Balaban J connectivity index is 2.30. The molecule has 0 aliphatic carbocycles. The number of nitrogens with two attached hydrogens (primary N) is 1. The molecule has 0 bridgehead atoms. The summed E-state index contributed by atoms with van der Waals surface area (Å²) in [6.07, 6.45) is 2.80. The average molecular weight is 194 g/mol. The standard InChI is InChI=1S/C11H18N2O/c1-9(2)14-8-10(12)7-11-5-3-4-6-13-11/h3-6,9-10H,7-8,12H2,1-2H3. The Hall–Kier alpha value is -0.930. The minimum atomic E-state index is 0.0345. The Morgan fingerprint density at radius 1 is 1.43 bits per heavy atom. The van der Waals surface area contributed by atoms with E-state index >= 15 is 0 Å². The number of hydrogen-bond donors (Lipinski definition) is 1. The number of rotatable bonds is 5. The second-order valence-corrected chi connectivity index (χ2v) is 3.67. The van der Waals surface area contributed by atoms with Crippen LogP contribution in [0.25, 0.3) is 0 Å². The van der Waals surface area contributed by atoms with E-state index in [9.17, 15) is 0 Å². The van der Waals surface area contributed by atoms with E-state index in [2.05, 4.69) is 4.98 Å². The van der Waals surface area contributed by atoms with Crippen LogP contribution < -0.4 is 5.73 Å². The van der Waals surface area contributed by atoms with Crippen molar-refractivity contribution in [1.82, 2.24) is 4.98 Å². The van der Waals surface area contributed by atoms with Crippen LogP contribution in [0.5, 0.6) is 0 Å².